The van der Waals surface area contributed by atoms with E-state index < -0.39 is 0 Å². The maximum absolute atomic E-state index is 11.4. The molecule has 0 fully saturated rings. The molecule has 0 aliphatic heterocycles. The second-order valence-corrected chi connectivity index (χ2v) is 4.01. The molecule has 2 aromatic heterocycles. The Bertz CT molecular complexity index is 461. The van der Waals surface area contributed by atoms with Gasteiger partial charge in [-0.05, 0) is 17.5 Å². The first-order valence-corrected chi connectivity index (χ1v) is 5.56. The van der Waals surface area contributed by atoms with Crippen LogP contribution in [0.15, 0.2) is 29.8 Å². The van der Waals surface area contributed by atoms with Gasteiger partial charge in [-0.1, -0.05) is 6.07 Å². The lowest BCUT2D eigenvalue weighted by Gasteiger charge is -1.96. The van der Waals surface area contributed by atoms with Crippen LogP contribution in [0.25, 0.3) is 6.08 Å². The molecule has 0 spiro atoms. The van der Waals surface area contributed by atoms with Crippen molar-refractivity contribution in [2.75, 3.05) is 0 Å². The molecule has 0 bridgehead atoms. The summed E-state index contributed by atoms with van der Waals surface area (Å²) in [5.74, 6) is -0.142. The number of hydrogen-bond donors (Lipinski definition) is 2. The molecule has 0 aliphatic rings. The first-order chi connectivity index (χ1) is 7.84. The van der Waals surface area contributed by atoms with Crippen LogP contribution in [0.2, 0.25) is 0 Å². The maximum Gasteiger partial charge on any atom is 0.244 e. The van der Waals surface area contributed by atoms with Crippen LogP contribution in [0.1, 0.15) is 10.6 Å². The van der Waals surface area contributed by atoms with Gasteiger partial charge in [0.05, 0.1) is 12.7 Å². The fraction of sp³-hybridized carbons (Fsp3) is 0.100. The van der Waals surface area contributed by atoms with E-state index in [1.165, 1.54) is 6.08 Å². The summed E-state index contributed by atoms with van der Waals surface area (Å²) < 4.78 is 0. The third-order valence-electron chi connectivity index (χ3n) is 1.85. The fourth-order valence-corrected chi connectivity index (χ4v) is 1.71. The summed E-state index contributed by atoms with van der Waals surface area (Å²) in [6, 6.07) is 3.89. The van der Waals surface area contributed by atoms with E-state index in [0.29, 0.717) is 12.2 Å². The number of rotatable bonds is 4. The minimum atomic E-state index is -0.142. The normalized spacial score (nSPS) is 10.8. The molecule has 0 saturated heterocycles. The maximum atomic E-state index is 11.4. The van der Waals surface area contributed by atoms with Crippen molar-refractivity contribution < 1.29 is 4.79 Å². The van der Waals surface area contributed by atoms with Gasteiger partial charge in [0.15, 0.2) is 0 Å². The van der Waals surface area contributed by atoms with E-state index in [-0.39, 0.29) is 5.91 Å². The van der Waals surface area contributed by atoms with Crippen molar-refractivity contribution in [3.63, 3.8) is 0 Å². The third kappa shape index (κ3) is 3.03. The van der Waals surface area contributed by atoms with Crippen LogP contribution < -0.4 is 5.32 Å². The molecule has 16 heavy (non-hydrogen) atoms. The molecule has 2 rings (SSSR count). The van der Waals surface area contributed by atoms with Crippen molar-refractivity contribution in [3.05, 3.63) is 40.4 Å². The van der Waals surface area contributed by atoms with E-state index in [1.54, 1.807) is 23.6 Å². The van der Waals surface area contributed by atoms with Crippen LogP contribution in [0.4, 0.5) is 0 Å². The number of aromatic amines is 1. The van der Waals surface area contributed by atoms with Gasteiger partial charge in [-0.15, -0.1) is 11.3 Å². The lowest BCUT2D eigenvalue weighted by Crippen LogP contribution is -2.20. The van der Waals surface area contributed by atoms with Gasteiger partial charge < -0.3 is 5.32 Å². The van der Waals surface area contributed by atoms with Crippen molar-refractivity contribution >= 4 is 23.3 Å². The summed E-state index contributed by atoms with van der Waals surface area (Å²) in [7, 11) is 0. The van der Waals surface area contributed by atoms with Gasteiger partial charge in [0.2, 0.25) is 5.91 Å². The Morgan fingerprint density at radius 3 is 3.25 bits per heavy atom. The molecule has 2 aromatic rings. The number of aromatic nitrogens is 3. The van der Waals surface area contributed by atoms with Gasteiger partial charge >= 0.3 is 0 Å². The van der Waals surface area contributed by atoms with Gasteiger partial charge in [-0.25, -0.2) is 0 Å². The Morgan fingerprint density at radius 2 is 2.56 bits per heavy atom. The average molecular weight is 234 g/mol. The van der Waals surface area contributed by atoms with Crippen LogP contribution in [0.3, 0.4) is 0 Å². The van der Waals surface area contributed by atoms with Gasteiger partial charge in [-0.3, -0.25) is 4.79 Å². The van der Waals surface area contributed by atoms with E-state index >= 15 is 0 Å². The summed E-state index contributed by atoms with van der Waals surface area (Å²) in [6.07, 6.45) is 4.86. The Balaban J connectivity index is 1.81. The van der Waals surface area contributed by atoms with Crippen LogP contribution in [0.5, 0.6) is 0 Å². The largest absolute Gasteiger partial charge is 0.347 e. The number of thiophene rings is 1. The van der Waals surface area contributed by atoms with Crippen LogP contribution in [-0.4, -0.2) is 21.3 Å². The summed E-state index contributed by atoms with van der Waals surface area (Å²) in [5.41, 5.74) is 0.706. The SMILES string of the molecule is O=C(/C=C/c1cccs1)NCc1cn[nH]n1. The number of nitrogens with one attached hydrogen (secondary N) is 2. The molecule has 0 unspecified atom stereocenters. The second-order valence-electron chi connectivity index (χ2n) is 3.03. The topological polar surface area (TPSA) is 70.7 Å². The van der Waals surface area contributed by atoms with Gasteiger partial charge in [0, 0.05) is 11.0 Å². The summed E-state index contributed by atoms with van der Waals surface area (Å²) in [6.45, 7) is 0.379. The number of carbonyl (C=O) groups is 1. The molecule has 5 nitrogen and oxygen atoms in total. The first-order valence-electron chi connectivity index (χ1n) is 4.68. The van der Waals surface area contributed by atoms with Gasteiger partial charge in [0.25, 0.3) is 0 Å². The number of hydrogen-bond acceptors (Lipinski definition) is 4. The quantitative estimate of drug-likeness (QED) is 0.781. The van der Waals surface area contributed by atoms with Gasteiger partial charge in [-0.2, -0.15) is 15.4 Å². The molecular formula is C10H10N4OS. The standard InChI is InChI=1S/C10H10N4OS/c15-10(4-3-9-2-1-5-16-9)11-6-8-7-12-14-13-8/h1-5,7H,6H2,(H,11,15)(H,12,13,14)/b4-3+. The zero-order valence-electron chi connectivity index (χ0n) is 8.38. The van der Waals surface area contributed by atoms with E-state index in [1.807, 2.05) is 17.5 Å². The molecule has 6 heteroatoms. The summed E-state index contributed by atoms with van der Waals surface area (Å²) in [4.78, 5) is 12.4. The predicted octanol–water partition coefficient (Wildman–Crippen LogP) is 1.20. The van der Waals surface area contributed by atoms with E-state index in [4.69, 9.17) is 0 Å². The molecule has 82 valence electrons. The molecular weight excluding hydrogens is 224 g/mol. The first kappa shape index (κ1) is 10.6. The smallest absolute Gasteiger partial charge is 0.244 e. The van der Waals surface area contributed by atoms with E-state index in [0.717, 1.165) is 4.88 Å². The highest BCUT2D eigenvalue weighted by molar-refractivity contribution is 7.10. The Labute approximate surface area is 96.2 Å². The molecule has 2 heterocycles. The Hall–Kier alpha value is -1.95. The van der Waals surface area contributed by atoms with Crippen LogP contribution in [-0.2, 0) is 11.3 Å². The number of H-pyrrole nitrogens is 1. The minimum absolute atomic E-state index is 0.142. The molecule has 1 amide bonds. The Kier molecular flexibility index (Phi) is 3.45. The van der Waals surface area contributed by atoms with Crippen molar-refractivity contribution in [1.29, 1.82) is 0 Å². The van der Waals surface area contributed by atoms with Gasteiger partial charge in [0.1, 0.15) is 5.69 Å². The van der Waals surface area contributed by atoms with Crippen molar-refractivity contribution in [2.24, 2.45) is 0 Å². The minimum Gasteiger partial charge on any atom is -0.347 e. The Morgan fingerprint density at radius 1 is 1.62 bits per heavy atom. The number of amides is 1. The highest BCUT2D eigenvalue weighted by Gasteiger charge is 1.98. The number of carbonyl (C=O) groups excluding carboxylic acids is 1. The number of nitrogens with zero attached hydrogens (tertiary/aromatic N) is 2. The average Bonchev–Trinajstić information content (AvgIpc) is 2.96. The van der Waals surface area contributed by atoms with Crippen molar-refractivity contribution in [3.8, 4) is 0 Å². The van der Waals surface area contributed by atoms with E-state index in [9.17, 15) is 4.79 Å². The zero-order chi connectivity index (χ0) is 11.2. The van der Waals surface area contributed by atoms with Crippen molar-refractivity contribution in [2.45, 2.75) is 6.54 Å². The van der Waals surface area contributed by atoms with Crippen LogP contribution in [0, 0.1) is 0 Å². The zero-order valence-corrected chi connectivity index (χ0v) is 9.20. The highest BCUT2D eigenvalue weighted by atomic mass is 32.1. The third-order valence-corrected chi connectivity index (χ3v) is 2.69. The predicted molar refractivity (Wildman–Crippen MR) is 61.6 cm³/mol. The van der Waals surface area contributed by atoms with Crippen molar-refractivity contribution in [1.82, 2.24) is 20.7 Å². The molecule has 0 saturated carbocycles. The van der Waals surface area contributed by atoms with E-state index in [2.05, 4.69) is 20.7 Å². The monoisotopic (exact) mass is 234 g/mol. The lowest BCUT2D eigenvalue weighted by molar-refractivity contribution is -0.116. The van der Waals surface area contributed by atoms with Crippen LogP contribution >= 0.6 is 11.3 Å². The fourth-order valence-electron chi connectivity index (χ4n) is 1.09. The highest BCUT2D eigenvalue weighted by Crippen LogP contribution is 2.09. The summed E-state index contributed by atoms with van der Waals surface area (Å²) in [5, 5.41) is 14.6. The molecule has 0 aromatic carbocycles. The summed E-state index contributed by atoms with van der Waals surface area (Å²) >= 11 is 1.59. The molecule has 0 atom stereocenters. The molecule has 0 radical (unpaired) electrons. The second kappa shape index (κ2) is 5.22. The molecule has 2 N–H and O–H groups in total. The lowest BCUT2D eigenvalue weighted by atomic mass is 10.4. The molecule has 0 aliphatic carbocycles.